The van der Waals surface area contributed by atoms with Crippen LogP contribution in [0.4, 0.5) is 10.5 Å². The minimum Gasteiger partial charge on any atom is -0.444 e. The zero-order chi connectivity index (χ0) is 14.5. The highest BCUT2D eigenvalue weighted by Crippen LogP contribution is 2.18. The molecule has 0 bridgehead atoms. The molecule has 0 aliphatic heterocycles. The Hall–Kier alpha value is -2.30. The Morgan fingerprint density at radius 1 is 1.26 bits per heavy atom. The molecule has 1 aromatic carbocycles. The summed E-state index contributed by atoms with van der Waals surface area (Å²) in [5.74, 6) is -0.596. The smallest absolute Gasteiger partial charge is 0.412 e. The maximum atomic E-state index is 11.7. The number of ether oxygens (including phenoxy) is 2. The van der Waals surface area contributed by atoms with Gasteiger partial charge in [-0.25, -0.2) is 9.59 Å². The lowest BCUT2D eigenvalue weighted by molar-refractivity contribution is 0.0636. The van der Waals surface area contributed by atoms with E-state index in [0.717, 1.165) is 6.26 Å². The van der Waals surface area contributed by atoms with Gasteiger partial charge in [-0.1, -0.05) is 18.7 Å². The molecule has 0 unspecified atom stereocenters. The highest BCUT2D eigenvalue weighted by atomic mass is 16.6. The van der Waals surface area contributed by atoms with Crippen molar-refractivity contribution in [2.24, 2.45) is 0 Å². The van der Waals surface area contributed by atoms with Crippen LogP contribution in [0, 0.1) is 0 Å². The SMILES string of the molecule is C=COC(=O)c1ccccc1NC(=O)OC(C)(C)C. The maximum absolute atomic E-state index is 11.7. The number of carbonyl (C=O) groups excluding carboxylic acids is 2. The van der Waals surface area contributed by atoms with Gasteiger partial charge >= 0.3 is 12.1 Å². The van der Waals surface area contributed by atoms with Crippen LogP contribution in [0.3, 0.4) is 0 Å². The Labute approximate surface area is 112 Å². The van der Waals surface area contributed by atoms with Crippen molar-refractivity contribution >= 4 is 17.7 Å². The van der Waals surface area contributed by atoms with E-state index in [-0.39, 0.29) is 5.56 Å². The van der Waals surface area contributed by atoms with Gasteiger partial charge in [-0.05, 0) is 32.9 Å². The summed E-state index contributed by atoms with van der Waals surface area (Å²) in [6.07, 6.45) is 0.401. The summed E-state index contributed by atoms with van der Waals surface area (Å²) in [6, 6.07) is 6.49. The number of anilines is 1. The average molecular weight is 263 g/mol. The maximum Gasteiger partial charge on any atom is 0.412 e. The molecular formula is C14H17NO4. The van der Waals surface area contributed by atoms with Crippen LogP contribution in [-0.4, -0.2) is 17.7 Å². The second-order valence-electron chi connectivity index (χ2n) is 4.74. The molecule has 5 nitrogen and oxygen atoms in total. The van der Waals surface area contributed by atoms with E-state index in [1.165, 1.54) is 0 Å². The predicted octanol–water partition coefficient (Wildman–Crippen LogP) is 3.33. The monoisotopic (exact) mass is 263 g/mol. The number of nitrogens with one attached hydrogen (secondary N) is 1. The number of amides is 1. The first-order valence-electron chi connectivity index (χ1n) is 5.74. The molecule has 0 aliphatic carbocycles. The number of para-hydroxylation sites is 1. The lowest BCUT2D eigenvalue weighted by Gasteiger charge is -2.20. The molecule has 0 aromatic heterocycles. The molecular weight excluding hydrogens is 246 g/mol. The molecule has 1 aromatic rings. The van der Waals surface area contributed by atoms with Crippen molar-refractivity contribution in [2.75, 3.05) is 5.32 Å². The highest BCUT2D eigenvalue weighted by Gasteiger charge is 2.19. The van der Waals surface area contributed by atoms with Crippen molar-refractivity contribution in [3.63, 3.8) is 0 Å². The minimum absolute atomic E-state index is 0.230. The van der Waals surface area contributed by atoms with Gasteiger partial charge in [0.25, 0.3) is 0 Å². The number of esters is 1. The molecule has 0 atom stereocenters. The minimum atomic E-state index is -0.633. The number of hydrogen-bond acceptors (Lipinski definition) is 4. The third-order valence-corrected chi connectivity index (χ3v) is 1.97. The molecule has 5 heteroatoms. The van der Waals surface area contributed by atoms with Crippen molar-refractivity contribution in [1.82, 2.24) is 0 Å². The number of benzene rings is 1. The molecule has 1 amide bonds. The standard InChI is InChI=1S/C14H17NO4/c1-5-18-12(16)10-8-6-7-9-11(10)15-13(17)19-14(2,3)4/h5-9H,1H2,2-4H3,(H,15,17). The lowest BCUT2D eigenvalue weighted by Crippen LogP contribution is -2.27. The van der Waals surface area contributed by atoms with Crippen molar-refractivity contribution in [1.29, 1.82) is 0 Å². The fourth-order valence-corrected chi connectivity index (χ4v) is 1.32. The quantitative estimate of drug-likeness (QED) is 0.671. The molecule has 19 heavy (non-hydrogen) atoms. The second kappa shape index (κ2) is 6.04. The first-order valence-corrected chi connectivity index (χ1v) is 5.74. The van der Waals surface area contributed by atoms with Crippen LogP contribution < -0.4 is 5.32 Å². The Morgan fingerprint density at radius 2 is 1.89 bits per heavy atom. The van der Waals surface area contributed by atoms with Gasteiger partial charge in [0.2, 0.25) is 0 Å². The van der Waals surface area contributed by atoms with Crippen LogP contribution in [0.2, 0.25) is 0 Å². The summed E-state index contributed by atoms with van der Waals surface area (Å²) < 4.78 is 9.80. The van der Waals surface area contributed by atoms with Gasteiger partial charge in [-0.3, -0.25) is 5.32 Å². The number of rotatable bonds is 3. The van der Waals surface area contributed by atoms with E-state index in [0.29, 0.717) is 5.69 Å². The van der Waals surface area contributed by atoms with Crippen molar-refractivity contribution in [2.45, 2.75) is 26.4 Å². The molecule has 0 spiro atoms. The summed E-state index contributed by atoms with van der Waals surface area (Å²) in [4.78, 5) is 23.3. The van der Waals surface area contributed by atoms with Gasteiger partial charge in [0, 0.05) is 0 Å². The topological polar surface area (TPSA) is 64.6 Å². The molecule has 0 saturated heterocycles. The van der Waals surface area contributed by atoms with Gasteiger partial charge in [0.05, 0.1) is 17.5 Å². The van der Waals surface area contributed by atoms with Crippen LogP contribution >= 0.6 is 0 Å². The average Bonchev–Trinajstić information content (AvgIpc) is 2.27. The number of carbonyl (C=O) groups is 2. The zero-order valence-electron chi connectivity index (χ0n) is 11.2. The molecule has 1 rings (SSSR count). The molecule has 0 radical (unpaired) electrons. The van der Waals surface area contributed by atoms with Crippen LogP contribution in [-0.2, 0) is 9.47 Å². The fraction of sp³-hybridized carbons (Fsp3) is 0.286. The van der Waals surface area contributed by atoms with Gasteiger partial charge in [0.1, 0.15) is 5.60 Å². The van der Waals surface area contributed by atoms with E-state index in [9.17, 15) is 9.59 Å². The van der Waals surface area contributed by atoms with Crippen LogP contribution in [0.1, 0.15) is 31.1 Å². The summed E-state index contributed by atoms with van der Waals surface area (Å²) in [7, 11) is 0. The van der Waals surface area contributed by atoms with E-state index in [4.69, 9.17) is 4.74 Å². The van der Waals surface area contributed by atoms with Crippen molar-refractivity contribution in [3.8, 4) is 0 Å². The lowest BCUT2D eigenvalue weighted by atomic mass is 10.2. The molecule has 1 N–H and O–H groups in total. The van der Waals surface area contributed by atoms with Gasteiger partial charge < -0.3 is 9.47 Å². The zero-order valence-corrected chi connectivity index (χ0v) is 11.2. The largest absolute Gasteiger partial charge is 0.444 e. The van der Waals surface area contributed by atoms with E-state index in [1.54, 1.807) is 45.0 Å². The second-order valence-corrected chi connectivity index (χ2v) is 4.74. The molecule has 0 saturated carbocycles. The Balaban J connectivity index is 2.86. The first kappa shape index (κ1) is 14.8. The fourth-order valence-electron chi connectivity index (χ4n) is 1.32. The Kier molecular flexibility index (Phi) is 4.69. The number of hydrogen-bond donors (Lipinski definition) is 1. The molecule has 0 aliphatic rings. The predicted molar refractivity (Wildman–Crippen MR) is 71.9 cm³/mol. The van der Waals surface area contributed by atoms with Crippen molar-refractivity contribution in [3.05, 3.63) is 42.7 Å². The summed E-state index contributed by atoms with van der Waals surface area (Å²) >= 11 is 0. The molecule has 0 heterocycles. The van der Waals surface area contributed by atoms with Crippen LogP contribution in [0.15, 0.2) is 37.1 Å². The van der Waals surface area contributed by atoms with E-state index < -0.39 is 17.7 Å². The third kappa shape index (κ3) is 4.83. The van der Waals surface area contributed by atoms with E-state index >= 15 is 0 Å². The van der Waals surface area contributed by atoms with Gasteiger partial charge in [-0.15, -0.1) is 0 Å². The first-order chi connectivity index (χ1) is 8.83. The van der Waals surface area contributed by atoms with Crippen LogP contribution in [0.25, 0.3) is 0 Å². The third-order valence-electron chi connectivity index (χ3n) is 1.97. The highest BCUT2D eigenvalue weighted by molar-refractivity contribution is 5.99. The van der Waals surface area contributed by atoms with Crippen molar-refractivity contribution < 1.29 is 19.1 Å². The summed E-state index contributed by atoms with van der Waals surface area (Å²) in [6.45, 7) is 8.57. The Bertz CT molecular complexity index is 488. The molecule has 0 fully saturated rings. The van der Waals surface area contributed by atoms with E-state index in [1.807, 2.05) is 0 Å². The summed E-state index contributed by atoms with van der Waals surface area (Å²) in [5.41, 5.74) is -0.0578. The Morgan fingerprint density at radius 3 is 2.47 bits per heavy atom. The van der Waals surface area contributed by atoms with Gasteiger partial charge in [-0.2, -0.15) is 0 Å². The molecule has 102 valence electrons. The van der Waals surface area contributed by atoms with Gasteiger partial charge in [0.15, 0.2) is 0 Å². The summed E-state index contributed by atoms with van der Waals surface area (Å²) in [5, 5.41) is 2.51. The van der Waals surface area contributed by atoms with Crippen LogP contribution in [0.5, 0.6) is 0 Å². The normalized spacial score (nSPS) is 10.5. The van der Waals surface area contributed by atoms with E-state index in [2.05, 4.69) is 16.6 Å².